The normalized spacial score (nSPS) is 20.8. The molecule has 1 saturated heterocycles. The van der Waals surface area contributed by atoms with Crippen molar-refractivity contribution < 1.29 is 18.1 Å². The van der Waals surface area contributed by atoms with Crippen LogP contribution in [0.25, 0.3) is 0 Å². The molecule has 1 aromatic carbocycles. The number of hydrogen-bond acceptors (Lipinski definition) is 3. The number of rotatable bonds is 4. The highest BCUT2D eigenvalue weighted by Gasteiger charge is 2.30. The molecule has 7 heteroatoms. The van der Waals surface area contributed by atoms with Gasteiger partial charge in [-0.1, -0.05) is 25.3 Å². The minimum Gasteiger partial charge on any atom is -0.349 e. The predicted molar refractivity (Wildman–Crippen MR) is 101 cm³/mol. The van der Waals surface area contributed by atoms with Crippen molar-refractivity contribution in [2.75, 3.05) is 33.2 Å². The maximum Gasteiger partial charge on any atom is 0.251 e. The van der Waals surface area contributed by atoms with E-state index in [1.807, 2.05) is 6.92 Å². The third-order valence-corrected chi connectivity index (χ3v) is 7.50. The van der Waals surface area contributed by atoms with Crippen LogP contribution in [0.3, 0.4) is 0 Å². The third-order valence-electron chi connectivity index (χ3n) is 5.61. The number of quaternary nitrogens is 1. The third kappa shape index (κ3) is 4.27. The van der Waals surface area contributed by atoms with E-state index >= 15 is 0 Å². The van der Waals surface area contributed by atoms with Crippen LogP contribution in [0.5, 0.6) is 0 Å². The number of aryl methyl sites for hydroxylation is 1. The average molecular weight is 381 g/mol. The first-order valence-corrected chi connectivity index (χ1v) is 11.0. The molecule has 0 aromatic heterocycles. The molecule has 2 aliphatic rings. The first-order chi connectivity index (χ1) is 12.4. The summed E-state index contributed by atoms with van der Waals surface area (Å²) < 4.78 is 27.4. The predicted octanol–water partition coefficient (Wildman–Crippen LogP) is 0.577. The summed E-state index contributed by atoms with van der Waals surface area (Å²) in [6.07, 6.45) is 5.53. The summed E-state index contributed by atoms with van der Waals surface area (Å²) in [5.74, 6) is -0.158. The Balaban J connectivity index is 1.79. The number of carbonyl (C=O) groups is 1. The van der Waals surface area contributed by atoms with Crippen molar-refractivity contribution in [3.05, 3.63) is 29.3 Å². The standard InChI is InChI=1S/C19H29N3O3S/c1-15-8-9-17(26(24,25)22-12-10-21(2)11-13-22)14-18(15)19(23)20-16-6-4-3-5-7-16/h8-9,14,16H,3-7,10-13H2,1-2H3,(H,20,23)/p+1. The minimum atomic E-state index is -3.55. The zero-order valence-electron chi connectivity index (χ0n) is 15.8. The lowest BCUT2D eigenvalue weighted by atomic mass is 9.95. The summed E-state index contributed by atoms with van der Waals surface area (Å²) in [7, 11) is -1.48. The van der Waals surface area contributed by atoms with Crippen LogP contribution in [0.2, 0.25) is 0 Å². The lowest BCUT2D eigenvalue weighted by Gasteiger charge is -2.29. The molecule has 0 radical (unpaired) electrons. The Labute approximate surface area is 156 Å². The van der Waals surface area contributed by atoms with Crippen molar-refractivity contribution in [2.45, 2.75) is 50.0 Å². The van der Waals surface area contributed by atoms with E-state index in [0.717, 1.165) is 44.3 Å². The quantitative estimate of drug-likeness (QED) is 0.803. The van der Waals surface area contributed by atoms with Crippen LogP contribution < -0.4 is 10.2 Å². The van der Waals surface area contributed by atoms with Gasteiger partial charge in [0.2, 0.25) is 10.0 Å². The maximum absolute atomic E-state index is 13.0. The Morgan fingerprint density at radius 2 is 1.81 bits per heavy atom. The van der Waals surface area contributed by atoms with Gasteiger partial charge in [-0.2, -0.15) is 4.31 Å². The Morgan fingerprint density at radius 3 is 2.46 bits per heavy atom. The topological polar surface area (TPSA) is 70.9 Å². The van der Waals surface area contributed by atoms with Gasteiger partial charge in [-0.05, 0) is 37.5 Å². The summed E-state index contributed by atoms with van der Waals surface area (Å²) in [4.78, 5) is 14.3. The molecule has 1 heterocycles. The number of sulfonamides is 1. The van der Waals surface area contributed by atoms with Gasteiger partial charge in [-0.25, -0.2) is 8.42 Å². The maximum atomic E-state index is 13.0. The van der Waals surface area contributed by atoms with E-state index in [1.165, 1.54) is 15.6 Å². The minimum absolute atomic E-state index is 0.158. The Hall–Kier alpha value is -1.44. The van der Waals surface area contributed by atoms with Crippen LogP contribution in [0.4, 0.5) is 0 Å². The van der Waals surface area contributed by atoms with E-state index in [4.69, 9.17) is 0 Å². The largest absolute Gasteiger partial charge is 0.349 e. The monoisotopic (exact) mass is 380 g/mol. The van der Waals surface area contributed by atoms with Crippen LogP contribution in [-0.2, 0) is 10.0 Å². The number of hydrogen-bond donors (Lipinski definition) is 2. The van der Waals surface area contributed by atoms with E-state index in [2.05, 4.69) is 12.4 Å². The second-order valence-electron chi connectivity index (χ2n) is 7.65. The van der Waals surface area contributed by atoms with Crippen molar-refractivity contribution in [1.82, 2.24) is 9.62 Å². The lowest BCUT2D eigenvalue weighted by molar-refractivity contribution is -0.883. The molecular weight excluding hydrogens is 350 g/mol. The number of nitrogens with zero attached hydrogens (tertiary/aromatic N) is 1. The highest BCUT2D eigenvalue weighted by Crippen LogP contribution is 2.22. The molecule has 2 N–H and O–H groups in total. The molecule has 1 aromatic rings. The number of piperazine rings is 1. The van der Waals surface area contributed by atoms with Gasteiger partial charge in [-0.3, -0.25) is 4.79 Å². The van der Waals surface area contributed by atoms with Gasteiger partial charge in [0.1, 0.15) is 0 Å². The Kier molecular flexibility index (Phi) is 5.99. The number of carbonyl (C=O) groups excluding carboxylic acids is 1. The van der Waals surface area contributed by atoms with Crippen LogP contribution in [0.1, 0.15) is 48.0 Å². The smallest absolute Gasteiger partial charge is 0.251 e. The van der Waals surface area contributed by atoms with Gasteiger partial charge in [-0.15, -0.1) is 0 Å². The summed E-state index contributed by atoms with van der Waals surface area (Å²) in [5.41, 5.74) is 1.27. The molecule has 1 aliphatic heterocycles. The molecule has 0 unspecified atom stereocenters. The molecule has 1 saturated carbocycles. The molecule has 0 bridgehead atoms. The number of nitrogens with one attached hydrogen (secondary N) is 2. The summed E-state index contributed by atoms with van der Waals surface area (Å²) >= 11 is 0. The summed E-state index contributed by atoms with van der Waals surface area (Å²) in [6.45, 7) is 4.50. The fourth-order valence-corrected chi connectivity index (χ4v) is 5.24. The van der Waals surface area contributed by atoms with Crippen molar-refractivity contribution >= 4 is 15.9 Å². The lowest BCUT2D eigenvalue weighted by Crippen LogP contribution is -3.12. The molecule has 0 atom stereocenters. The number of amides is 1. The first kappa shape index (κ1) is 19.3. The van der Waals surface area contributed by atoms with Gasteiger partial charge in [0, 0.05) is 11.6 Å². The molecule has 1 aliphatic carbocycles. The van der Waals surface area contributed by atoms with Crippen molar-refractivity contribution in [2.24, 2.45) is 0 Å². The molecular formula is C19H30N3O3S+. The van der Waals surface area contributed by atoms with Gasteiger partial charge in [0.05, 0.1) is 38.1 Å². The van der Waals surface area contributed by atoms with E-state index < -0.39 is 10.0 Å². The van der Waals surface area contributed by atoms with Gasteiger partial charge in [0.25, 0.3) is 5.91 Å². The number of benzene rings is 1. The Morgan fingerprint density at radius 1 is 1.15 bits per heavy atom. The zero-order valence-corrected chi connectivity index (χ0v) is 16.6. The van der Waals surface area contributed by atoms with Crippen molar-refractivity contribution in [3.8, 4) is 0 Å². The first-order valence-electron chi connectivity index (χ1n) is 9.61. The van der Waals surface area contributed by atoms with Gasteiger partial charge >= 0.3 is 0 Å². The van der Waals surface area contributed by atoms with E-state index in [0.29, 0.717) is 18.7 Å². The summed E-state index contributed by atoms with van der Waals surface area (Å²) in [6, 6.07) is 5.11. The van der Waals surface area contributed by atoms with E-state index in [-0.39, 0.29) is 16.8 Å². The zero-order chi connectivity index (χ0) is 18.7. The van der Waals surface area contributed by atoms with Crippen LogP contribution in [0.15, 0.2) is 23.1 Å². The van der Waals surface area contributed by atoms with Crippen molar-refractivity contribution in [3.63, 3.8) is 0 Å². The molecule has 3 rings (SSSR count). The van der Waals surface area contributed by atoms with Gasteiger partial charge in [0.15, 0.2) is 0 Å². The second-order valence-corrected chi connectivity index (χ2v) is 9.58. The van der Waals surface area contributed by atoms with E-state index in [1.54, 1.807) is 18.2 Å². The second kappa shape index (κ2) is 8.06. The molecule has 1 amide bonds. The molecule has 2 fully saturated rings. The molecule has 6 nitrogen and oxygen atoms in total. The molecule has 26 heavy (non-hydrogen) atoms. The fourth-order valence-electron chi connectivity index (χ4n) is 3.77. The summed E-state index contributed by atoms with van der Waals surface area (Å²) in [5, 5.41) is 3.09. The van der Waals surface area contributed by atoms with E-state index in [9.17, 15) is 13.2 Å². The fraction of sp³-hybridized carbons (Fsp3) is 0.632. The highest BCUT2D eigenvalue weighted by atomic mass is 32.2. The average Bonchev–Trinajstić information content (AvgIpc) is 2.63. The Bertz CT molecular complexity index is 749. The van der Waals surface area contributed by atoms with Gasteiger partial charge < -0.3 is 10.2 Å². The molecule has 0 spiro atoms. The number of likely N-dealkylation sites (N-methyl/N-ethyl adjacent to an activating group) is 1. The van der Waals surface area contributed by atoms with Crippen LogP contribution >= 0.6 is 0 Å². The van der Waals surface area contributed by atoms with Crippen LogP contribution in [0, 0.1) is 6.92 Å². The highest BCUT2D eigenvalue weighted by molar-refractivity contribution is 7.89. The van der Waals surface area contributed by atoms with Crippen molar-refractivity contribution in [1.29, 1.82) is 0 Å². The van der Waals surface area contributed by atoms with Crippen LogP contribution in [-0.4, -0.2) is 57.9 Å². The SMILES string of the molecule is Cc1ccc(S(=O)(=O)N2CC[NH+](C)CC2)cc1C(=O)NC1CCCCC1. The molecule has 144 valence electrons.